The maximum absolute atomic E-state index is 11.1. The van der Waals surface area contributed by atoms with Crippen molar-refractivity contribution >= 4 is 28.6 Å². The zero-order valence-electron chi connectivity index (χ0n) is 8.35. The van der Waals surface area contributed by atoms with E-state index < -0.39 is 12.0 Å². The lowest BCUT2D eigenvalue weighted by atomic mass is 10.2. The highest BCUT2D eigenvalue weighted by molar-refractivity contribution is 6.34. The van der Waals surface area contributed by atoms with E-state index in [9.17, 15) is 4.79 Å². The number of hydrogen-bond donors (Lipinski definition) is 1. The van der Waals surface area contributed by atoms with Crippen molar-refractivity contribution in [1.82, 2.24) is 9.55 Å². The van der Waals surface area contributed by atoms with Crippen LogP contribution < -0.4 is 0 Å². The smallest absolute Gasteiger partial charge is 0.326 e. The van der Waals surface area contributed by atoms with Gasteiger partial charge in [-0.1, -0.05) is 17.7 Å². The molecule has 82 valence electrons. The molecule has 0 aliphatic carbocycles. The van der Waals surface area contributed by atoms with E-state index in [0.29, 0.717) is 23.4 Å². The lowest BCUT2D eigenvalue weighted by molar-refractivity contribution is -0.140. The Morgan fingerprint density at radius 1 is 1.56 bits per heavy atom. The van der Waals surface area contributed by atoms with Gasteiger partial charge in [0.25, 0.3) is 0 Å². The fourth-order valence-corrected chi connectivity index (χ4v) is 2.50. The number of aromatic nitrogens is 2. The van der Waals surface area contributed by atoms with Crippen molar-refractivity contribution in [3.63, 3.8) is 0 Å². The van der Waals surface area contributed by atoms with E-state index in [2.05, 4.69) is 4.98 Å². The summed E-state index contributed by atoms with van der Waals surface area (Å²) in [6.45, 7) is 0. The van der Waals surface area contributed by atoms with E-state index in [1.54, 1.807) is 10.6 Å². The third kappa shape index (κ3) is 1.16. The highest BCUT2D eigenvalue weighted by Crippen LogP contribution is 2.33. The molecule has 0 radical (unpaired) electrons. The summed E-state index contributed by atoms with van der Waals surface area (Å²) in [6, 6.07) is 4.94. The second-order valence-electron chi connectivity index (χ2n) is 3.90. The molecule has 0 saturated carbocycles. The van der Waals surface area contributed by atoms with Gasteiger partial charge in [-0.2, -0.15) is 0 Å². The number of imidazole rings is 1. The highest BCUT2D eigenvalue weighted by Gasteiger charge is 2.31. The average molecular weight is 237 g/mol. The minimum atomic E-state index is -0.807. The first-order chi connectivity index (χ1) is 7.68. The minimum Gasteiger partial charge on any atom is -0.480 e. The molecule has 16 heavy (non-hydrogen) atoms. The number of carboxylic acid groups (broad SMARTS) is 1. The number of fused-ring (bicyclic) bond motifs is 3. The number of aliphatic carboxylic acids is 1. The maximum atomic E-state index is 11.1. The molecule has 1 N–H and O–H groups in total. The molecule has 1 atom stereocenters. The molecule has 1 aromatic carbocycles. The monoisotopic (exact) mass is 236 g/mol. The van der Waals surface area contributed by atoms with Gasteiger partial charge in [0.05, 0.1) is 10.5 Å². The van der Waals surface area contributed by atoms with Gasteiger partial charge in [-0.05, 0) is 18.6 Å². The number of benzene rings is 1. The zero-order chi connectivity index (χ0) is 11.3. The lowest BCUT2D eigenvalue weighted by Crippen LogP contribution is -2.14. The van der Waals surface area contributed by atoms with Gasteiger partial charge in [-0.15, -0.1) is 0 Å². The van der Waals surface area contributed by atoms with Crippen LogP contribution in [0.4, 0.5) is 0 Å². The van der Waals surface area contributed by atoms with Crippen molar-refractivity contribution in [2.24, 2.45) is 0 Å². The van der Waals surface area contributed by atoms with Crippen LogP contribution in [0.15, 0.2) is 18.2 Å². The van der Waals surface area contributed by atoms with Gasteiger partial charge in [0, 0.05) is 6.42 Å². The van der Waals surface area contributed by atoms with Crippen LogP contribution in [-0.4, -0.2) is 20.6 Å². The standard InChI is InChI=1S/C11H9ClN2O2/c12-6-2-1-3-7-10(6)13-9-5-4-8(11(15)16)14(7)9/h1-3,8H,4-5H2,(H,15,16). The summed E-state index contributed by atoms with van der Waals surface area (Å²) in [5.74, 6) is 0.00789. The average Bonchev–Trinajstić information content (AvgIpc) is 2.77. The van der Waals surface area contributed by atoms with Gasteiger partial charge < -0.3 is 9.67 Å². The third-order valence-corrected chi connectivity index (χ3v) is 3.29. The van der Waals surface area contributed by atoms with E-state index in [4.69, 9.17) is 16.7 Å². The normalized spacial score (nSPS) is 18.9. The zero-order valence-corrected chi connectivity index (χ0v) is 9.11. The summed E-state index contributed by atoms with van der Waals surface area (Å²) in [5.41, 5.74) is 1.51. The predicted octanol–water partition coefficient (Wildman–Crippen LogP) is 2.26. The Balaban J connectivity index is 2.31. The number of rotatable bonds is 1. The molecular weight excluding hydrogens is 228 g/mol. The van der Waals surface area contributed by atoms with Crippen LogP contribution >= 0.6 is 11.6 Å². The Bertz CT molecular complexity index is 591. The molecule has 1 aromatic heterocycles. The SMILES string of the molecule is O=C(O)C1CCc2nc3c(Cl)cccc3n21. The van der Waals surface area contributed by atoms with Crippen molar-refractivity contribution < 1.29 is 9.90 Å². The van der Waals surface area contributed by atoms with Crippen LogP contribution in [0.3, 0.4) is 0 Å². The number of hydrogen-bond acceptors (Lipinski definition) is 2. The quantitative estimate of drug-likeness (QED) is 0.826. The lowest BCUT2D eigenvalue weighted by Gasteiger charge is -2.08. The summed E-state index contributed by atoms with van der Waals surface area (Å²) >= 11 is 6.03. The van der Waals surface area contributed by atoms with Crippen LogP contribution in [0.5, 0.6) is 0 Å². The topological polar surface area (TPSA) is 55.1 Å². The predicted molar refractivity (Wildman–Crippen MR) is 59.7 cm³/mol. The molecule has 0 saturated heterocycles. The van der Waals surface area contributed by atoms with E-state index in [-0.39, 0.29) is 0 Å². The Morgan fingerprint density at radius 2 is 2.38 bits per heavy atom. The molecule has 0 bridgehead atoms. The maximum Gasteiger partial charge on any atom is 0.326 e. The molecule has 0 spiro atoms. The van der Waals surface area contributed by atoms with Gasteiger partial charge in [-0.3, -0.25) is 0 Å². The Kier molecular flexibility index (Phi) is 1.94. The largest absolute Gasteiger partial charge is 0.480 e. The number of para-hydroxylation sites is 1. The second-order valence-corrected chi connectivity index (χ2v) is 4.31. The van der Waals surface area contributed by atoms with Crippen molar-refractivity contribution in [1.29, 1.82) is 0 Å². The first-order valence-electron chi connectivity index (χ1n) is 5.06. The van der Waals surface area contributed by atoms with Crippen LogP contribution in [0.25, 0.3) is 11.0 Å². The van der Waals surface area contributed by atoms with Gasteiger partial charge >= 0.3 is 5.97 Å². The number of nitrogens with zero attached hydrogens (tertiary/aromatic N) is 2. The molecule has 3 rings (SSSR count). The second kappa shape index (κ2) is 3.22. The van der Waals surface area contributed by atoms with Crippen molar-refractivity contribution in [3.8, 4) is 0 Å². The van der Waals surface area contributed by atoms with Crippen molar-refractivity contribution in [3.05, 3.63) is 29.0 Å². The molecule has 1 unspecified atom stereocenters. The number of aryl methyl sites for hydroxylation is 1. The van der Waals surface area contributed by atoms with Gasteiger partial charge in [0.1, 0.15) is 17.4 Å². The van der Waals surface area contributed by atoms with E-state index in [0.717, 1.165) is 11.3 Å². The molecule has 2 aromatic rings. The number of carbonyl (C=O) groups is 1. The first kappa shape index (κ1) is 9.66. The minimum absolute atomic E-state index is 0.501. The van der Waals surface area contributed by atoms with Crippen molar-refractivity contribution in [2.75, 3.05) is 0 Å². The molecule has 0 fully saturated rings. The van der Waals surface area contributed by atoms with Gasteiger partial charge in [-0.25, -0.2) is 9.78 Å². The number of halogens is 1. The third-order valence-electron chi connectivity index (χ3n) is 2.98. The van der Waals surface area contributed by atoms with Gasteiger partial charge in [0.15, 0.2) is 0 Å². The number of carboxylic acids is 1. The molecule has 4 nitrogen and oxygen atoms in total. The van der Waals surface area contributed by atoms with Crippen LogP contribution in [0.2, 0.25) is 5.02 Å². The summed E-state index contributed by atoms with van der Waals surface area (Å²) in [5, 5.41) is 9.70. The summed E-state index contributed by atoms with van der Waals surface area (Å²) < 4.78 is 1.78. The Labute approximate surface area is 96.5 Å². The molecule has 0 amide bonds. The van der Waals surface area contributed by atoms with E-state index in [1.165, 1.54) is 0 Å². The van der Waals surface area contributed by atoms with E-state index >= 15 is 0 Å². The van der Waals surface area contributed by atoms with Crippen LogP contribution in [-0.2, 0) is 11.2 Å². The Hall–Kier alpha value is -1.55. The first-order valence-corrected chi connectivity index (χ1v) is 5.44. The molecule has 1 aliphatic heterocycles. The van der Waals surface area contributed by atoms with E-state index in [1.807, 2.05) is 12.1 Å². The van der Waals surface area contributed by atoms with Gasteiger partial charge in [0.2, 0.25) is 0 Å². The summed E-state index contributed by atoms with van der Waals surface area (Å²) in [6.07, 6.45) is 1.31. The molecule has 5 heteroatoms. The fraction of sp³-hybridized carbons (Fsp3) is 0.273. The Morgan fingerprint density at radius 3 is 3.12 bits per heavy atom. The van der Waals surface area contributed by atoms with Crippen LogP contribution in [0.1, 0.15) is 18.3 Å². The van der Waals surface area contributed by atoms with Crippen molar-refractivity contribution in [2.45, 2.75) is 18.9 Å². The molecule has 1 aliphatic rings. The summed E-state index contributed by atoms with van der Waals surface area (Å²) in [7, 11) is 0. The molecular formula is C11H9ClN2O2. The highest BCUT2D eigenvalue weighted by atomic mass is 35.5. The fourth-order valence-electron chi connectivity index (χ4n) is 2.28. The summed E-state index contributed by atoms with van der Waals surface area (Å²) in [4.78, 5) is 15.5. The molecule has 2 heterocycles. The van der Waals surface area contributed by atoms with Crippen LogP contribution in [0, 0.1) is 0 Å².